The summed E-state index contributed by atoms with van der Waals surface area (Å²) >= 11 is 1.77. The van der Waals surface area contributed by atoms with Gasteiger partial charge in [-0.25, -0.2) is 4.98 Å². The maximum atomic E-state index is 4.47. The molecule has 0 saturated carbocycles. The molecule has 1 atom stereocenters. The van der Waals surface area contributed by atoms with Crippen LogP contribution in [-0.4, -0.2) is 14.8 Å². The van der Waals surface area contributed by atoms with Crippen molar-refractivity contribution in [1.29, 1.82) is 0 Å². The molecule has 0 radical (unpaired) electrons. The first-order chi connectivity index (χ1) is 8.47. The SMILES string of the molecule is Cc1nc(C)c(C(C)NCc2cn(C)nc2C)s1. The maximum Gasteiger partial charge on any atom is 0.0900 e. The van der Waals surface area contributed by atoms with Gasteiger partial charge in [0.05, 0.1) is 16.4 Å². The van der Waals surface area contributed by atoms with Crippen LogP contribution in [0.1, 0.15) is 39.8 Å². The van der Waals surface area contributed by atoms with Gasteiger partial charge in [-0.15, -0.1) is 11.3 Å². The van der Waals surface area contributed by atoms with Crippen LogP contribution in [0.5, 0.6) is 0 Å². The molecular weight excluding hydrogens is 244 g/mol. The lowest BCUT2D eigenvalue weighted by Crippen LogP contribution is -2.18. The largest absolute Gasteiger partial charge is 0.305 e. The van der Waals surface area contributed by atoms with E-state index in [1.807, 2.05) is 18.7 Å². The average Bonchev–Trinajstić information content (AvgIpc) is 2.78. The quantitative estimate of drug-likeness (QED) is 0.923. The Morgan fingerprint density at radius 3 is 2.56 bits per heavy atom. The number of aryl methyl sites for hydroxylation is 4. The Kier molecular flexibility index (Phi) is 3.82. The van der Waals surface area contributed by atoms with Crippen molar-refractivity contribution < 1.29 is 0 Å². The molecule has 0 aromatic carbocycles. The molecule has 2 heterocycles. The summed E-state index contributed by atoms with van der Waals surface area (Å²) in [6.45, 7) is 9.21. The molecule has 0 amide bonds. The molecule has 0 aliphatic heterocycles. The van der Waals surface area contributed by atoms with Gasteiger partial charge < -0.3 is 5.32 Å². The number of thiazole rings is 1. The average molecular weight is 264 g/mol. The summed E-state index contributed by atoms with van der Waals surface area (Å²) in [6.07, 6.45) is 2.07. The van der Waals surface area contributed by atoms with Gasteiger partial charge in [0, 0.05) is 36.3 Å². The molecule has 2 rings (SSSR count). The summed E-state index contributed by atoms with van der Waals surface area (Å²) in [5.74, 6) is 0. The zero-order valence-electron chi connectivity index (χ0n) is 11.6. The zero-order valence-corrected chi connectivity index (χ0v) is 12.4. The van der Waals surface area contributed by atoms with Crippen LogP contribution in [0.3, 0.4) is 0 Å². The Balaban J connectivity index is 2.02. The zero-order chi connectivity index (χ0) is 13.3. The lowest BCUT2D eigenvalue weighted by Gasteiger charge is -2.12. The fourth-order valence-electron chi connectivity index (χ4n) is 2.13. The second-order valence-corrected chi connectivity index (χ2v) is 5.93. The van der Waals surface area contributed by atoms with E-state index >= 15 is 0 Å². The molecule has 4 nitrogen and oxygen atoms in total. The lowest BCUT2D eigenvalue weighted by atomic mass is 10.2. The summed E-state index contributed by atoms with van der Waals surface area (Å²) < 4.78 is 1.86. The minimum absolute atomic E-state index is 0.329. The standard InChI is InChI=1S/C13H20N4S/c1-8-12(7-17(5)16-8)6-14-9(2)13-10(3)15-11(4)18-13/h7,9,14H,6H2,1-5H3. The lowest BCUT2D eigenvalue weighted by molar-refractivity contribution is 0.578. The first-order valence-electron chi connectivity index (χ1n) is 6.13. The number of hydrogen-bond donors (Lipinski definition) is 1. The summed E-state index contributed by atoms with van der Waals surface area (Å²) in [5.41, 5.74) is 3.48. The van der Waals surface area contributed by atoms with Gasteiger partial charge in [0.25, 0.3) is 0 Å². The van der Waals surface area contributed by atoms with E-state index in [2.05, 4.69) is 42.4 Å². The Hall–Kier alpha value is -1.20. The predicted molar refractivity (Wildman–Crippen MR) is 74.8 cm³/mol. The molecule has 0 bridgehead atoms. The van der Waals surface area contributed by atoms with E-state index in [4.69, 9.17) is 0 Å². The topological polar surface area (TPSA) is 42.7 Å². The van der Waals surface area contributed by atoms with Crippen LogP contribution >= 0.6 is 11.3 Å². The Labute approximate surface area is 112 Å². The third-order valence-corrected chi connectivity index (χ3v) is 4.30. The van der Waals surface area contributed by atoms with Crippen molar-refractivity contribution >= 4 is 11.3 Å². The monoisotopic (exact) mass is 264 g/mol. The Morgan fingerprint density at radius 1 is 1.33 bits per heavy atom. The van der Waals surface area contributed by atoms with Gasteiger partial charge in [-0.2, -0.15) is 5.10 Å². The summed E-state index contributed by atoms with van der Waals surface area (Å²) in [4.78, 5) is 5.80. The van der Waals surface area contributed by atoms with Crippen LogP contribution in [0.25, 0.3) is 0 Å². The van der Waals surface area contributed by atoms with E-state index in [-0.39, 0.29) is 0 Å². The first kappa shape index (κ1) is 13.2. The molecule has 5 heteroatoms. The Morgan fingerprint density at radius 2 is 2.06 bits per heavy atom. The van der Waals surface area contributed by atoms with Crippen LogP contribution in [0, 0.1) is 20.8 Å². The van der Waals surface area contributed by atoms with Crippen LogP contribution < -0.4 is 5.32 Å². The highest BCUT2D eigenvalue weighted by Crippen LogP contribution is 2.24. The van der Waals surface area contributed by atoms with Gasteiger partial charge in [-0.3, -0.25) is 4.68 Å². The summed E-state index contributed by atoms with van der Waals surface area (Å²) in [6, 6.07) is 0.329. The Bertz CT molecular complexity index is 541. The third kappa shape index (κ3) is 2.79. The smallest absolute Gasteiger partial charge is 0.0900 e. The fraction of sp³-hybridized carbons (Fsp3) is 0.538. The van der Waals surface area contributed by atoms with Crippen LogP contribution in [0.2, 0.25) is 0 Å². The molecule has 0 fully saturated rings. The molecule has 0 aliphatic rings. The van der Waals surface area contributed by atoms with Crippen molar-refractivity contribution in [2.75, 3.05) is 0 Å². The van der Waals surface area contributed by atoms with Crippen molar-refractivity contribution in [2.24, 2.45) is 7.05 Å². The van der Waals surface area contributed by atoms with Gasteiger partial charge in [-0.05, 0) is 27.7 Å². The molecule has 18 heavy (non-hydrogen) atoms. The molecule has 0 aliphatic carbocycles. The molecule has 0 saturated heterocycles. The van der Waals surface area contributed by atoms with Crippen LogP contribution in [0.4, 0.5) is 0 Å². The minimum Gasteiger partial charge on any atom is -0.305 e. The summed E-state index contributed by atoms with van der Waals surface area (Å²) in [5, 5.41) is 9.02. The van der Waals surface area contributed by atoms with Crippen LogP contribution in [0.15, 0.2) is 6.20 Å². The molecule has 1 unspecified atom stereocenters. The molecule has 2 aromatic rings. The van der Waals surface area contributed by atoms with Gasteiger partial charge in [-0.1, -0.05) is 0 Å². The normalized spacial score (nSPS) is 12.9. The van der Waals surface area contributed by atoms with Crippen LogP contribution in [-0.2, 0) is 13.6 Å². The first-order valence-corrected chi connectivity index (χ1v) is 6.95. The van der Waals surface area contributed by atoms with Crippen molar-refractivity contribution in [3.05, 3.63) is 33.0 Å². The molecule has 98 valence electrons. The van der Waals surface area contributed by atoms with E-state index in [1.165, 1.54) is 10.4 Å². The number of nitrogens with zero attached hydrogens (tertiary/aromatic N) is 3. The van der Waals surface area contributed by atoms with Gasteiger partial charge in [0.1, 0.15) is 0 Å². The minimum atomic E-state index is 0.329. The molecule has 2 aromatic heterocycles. The highest BCUT2D eigenvalue weighted by atomic mass is 32.1. The highest BCUT2D eigenvalue weighted by molar-refractivity contribution is 7.11. The predicted octanol–water partition coefficient (Wildman–Crippen LogP) is 2.65. The third-order valence-electron chi connectivity index (χ3n) is 3.05. The summed E-state index contributed by atoms with van der Waals surface area (Å²) in [7, 11) is 1.95. The second kappa shape index (κ2) is 5.20. The van der Waals surface area contributed by atoms with E-state index in [0.717, 1.165) is 22.9 Å². The maximum absolute atomic E-state index is 4.47. The van der Waals surface area contributed by atoms with E-state index in [0.29, 0.717) is 6.04 Å². The van der Waals surface area contributed by atoms with E-state index in [1.54, 1.807) is 11.3 Å². The van der Waals surface area contributed by atoms with Gasteiger partial charge >= 0.3 is 0 Å². The van der Waals surface area contributed by atoms with Crippen molar-refractivity contribution in [2.45, 2.75) is 40.3 Å². The number of hydrogen-bond acceptors (Lipinski definition) is 4. The second-order valence-electron chi connectivity index (χ2n) is 4.70. The van der Waals surface area contributed by atoms with Crippen molar-refractivity contribution in [1.82, 2.24) is 20.1 Å². The molecular formula is C13H20N4S. The molecule has 0 spiro atoms. The van der Waals surface area contributed by atoms with Gasteiger partial charge in [0.2, 0.25) is 0 Å². The number of aromatic nitrogens is 3. The van der Waals surface area contributed by atoms with Gasteiger partial charge in [0.15, 0.2) is 0 Å². The number of nitrogens with one attached hydrogen (secondary N) is 1. The fourth-order valence-corrected chi connectivity index (χ4v) is 3.08. The van der Waals surface area contributed by atoms with Crippen molar-refractivity contribution in [3.8, 4) is 0 Å². The van der Waals surface area contributed by atoms with E-state index < -0.39 is 0 Å². The highest BCUT2D eigenvalue weighted by Gasteiger charge is 2.13. The number of rotatable bonds is 4. The molecule has 1 N–H and O–H groups in total. The van der Waals surface area contributed by atoms with Crippen molar-refractivity contribution in [3.63, 3.8) is 0 Å². The van der Waals surface area contributed by atoms with E-state index in [9.17, 15) is 0 Å².